The molecule has 0 unspecified atom stereocenters. The van der Waals surface area contributed by atoms with Gasteiger partial charge in [-0.2, -0.15) is 0 Å². The van der Waals surface area contributed by atoms with Gasteiger partial charge in [-0.05, 0) is 28.7 Å². The minimum Gasteiger partial charge on any atom is -0.504 e. The lowest BCUT2D eigenvalue weighted by Crippen LogP contribution is -2.05. The van der Waals surface area contributed by atoms with E-state index in [4.69, 9.17) is 5.11 Å². The first-order chi connectivity index (χ1) is 6.43. The molecule has 0 bridgehead atoms. The van der Waals surface area contributed by atoms with Gasteiger partial charge in [-0.1, -0.05) is 0 Å². The maximum atomic E-state index is 12.2. The van der Waals surface area contributed by atoms with E-state index >= 15 is 0 Å². The van der Waals surface area contributed by atoms with Gasteiger partial charge in [-0.15, -0.1) is 0 Å². The Bertz CT molecular complexity index is 383. The Morgan fingerprint density at radius 1 is 1.57 bits per heavy atom. The molecule has 1 aromatic rings. The Balaban J connectivity index is 3.35. The van der Waals surface area contributed by atoms with Crippen LogP contribution in [0.1, 0.15) is 22.6 Å². The zero-order valence-electron chi connectivity index (χ0n) is 6.54. The molecule has 0 spiro atoms. The van der Waals surface area contributed by atoms with Crippen molar-refractivity contribution in [2.24, 2.45) is 0 Å². The zero-order valence-corrected chi connectivity index (χ0v) is 8.70. The average Bonchev–Trinajstić information content (AvgIpc) is 2.08. The van der Waals surface area contributed by atoms with Gasteiger partial charge in [0.1, 0.15) is 5.69 Å². The molecule has 14 heavy (non-hydrogen) atoms. The number of alkyl halides is 2. The van der Waals surface area contributed by atoms with E-state index in [-0.39, 0.29) is 3.57 Å². The molecule has 0 atom stereocenters. The van der Waals surface area contributed by atoms with E-state index in [9.17, 15) is 18.7 Å². The first-order valence-corrected chi connectivity index (χ1v) is 4.42. The molecular formula is C7H4F2INO3. The molecule has 0 radical (unpaired) electrons. The quantitative estimate of drug-likeness (QED) is 0.819. The van der Waals surface area contributed by atoms with Gasteiger partial charge in [-0.3, -0.25) is 0 Å². The number of hydrogen-bond donors (Lipinski definition) is 2. The number of aromatic nitrogens is 1. The molecule has 1 aromatic heterocycles. The maximum absolute atomic E-state index is 12.2. The van der Waals surface area contributed by atoms with E-state index in [1.807, 2.05) is 0 Å². The molecular weight excluding hydrogens is 311 g/mol. The van der Waals surface area contributed by atoms with Crippen LogP contribution < -0.4 is 0 Å². The summed E-state index contributed by atoms with van der Waals surface area (Å²) in [5, 5.41) is 17.7. The van der Waals surface area contributed by atoms with Gasteiger partial charge in [0, 0.05) is 0 Å². The summed E-state index contributed by atoms with van der Waals surface area (Å²) in [4.78, 5) is 13.6. The van der Waals surface area contributed by atoms with Crippen LogP contribution in [0.4, 0.5) is 8.78 Å². The number of carboxylic acid groups (broad SMARTS) is 1. The Labute approximate surface area is 90.7 Å². The molecule has 0 aliphatic carbocycles. The van der Waals surface area contributed by atoms with Gasteiger partial charge in [0.2, 0.25) is 0 Å². The number of hydrogen-bond acceptors (Lipinski definition) is 3. The molecule has 0 aromatic carbocycles. The highest BCUT2D eigenvalue weighted by molar-refractivity contribution is 14.1. The number of aromatic hydroxyl groups is 1. The smallest absolute Gasteiger partial charge is 0.358 e. The SMILES string of the molecule is O=C(O)c1nc(C(F)F)cc(I)c1O. The van der Waals surface area contributed by atoms with E-state index in [1.54, 1.807) is 22.6 Å². The molecule has 0 aliphatic heterocycles. The lowest BCUT2D eigenvalue weighted by atomic mass is 10.3. The zero-order chi connectivity index (χ0) is 10.9. The van der Waals surface area contributed by atoms with Crippen LogP contribution in [0.25, 0.3) is 0 Å². The van der Waals surface area contributed by atoms with E-state index < -0.39 is 29.5 Å². The standard InChI is InChI=1S/C7H4F2INO3/c8-6(9)3-1-2(10)5(12)4(11-3)7(13)14/h1,6,12H,(H,13,14). The Hall–Kier alpha value is -0.990. The van der Waals surface area contributed by atoms with E-state index in [2.05, 4.69) is 4.98 Å². The average molecular weight is 315 g/mol. The van der Waals surface area contributed by atoms with Gasteiger partial charge in [-0.25, -0.2) is 18.6 Å². The second-order valence-corrected chi connectivity index (χ2v) is 3.49. The van der Waals surface area contributed by atoms with Crippen molar-refractivity contribution in [1.82, 2.24) is 4.98 Å². The summed E-state index contributed by atoms with van der Waals surface area (Å²) in [5.74, 6) is -2.13. The van der Waals surface area contributed by atoms with Crippen molar-refractivity contribution in [3.05, 3.63) is 21.0 Å². The number of carboxylic acids is 1. The fourth-order valence-corrected chi connectivity index (χ4v) is 1.36. The van der Waals surface area contributed by atoms with Gasteiger partial charge >= 0.3 is 5.97 Å². The summed E-state index contributed by atoms with van der Waals surface area (Å²) in [7, 11) is 0. The van der Waals surface area contributed by atoms with Crippen molar-refractivity contribution in [1.29, 1.82) is 0 Å². The van der Waals surface area contributed by atoms with Crippen molar-refractivity contribution in [2.45, 2.75) is 6.43 Å². The van der Waals surface area contributed by atoms with Crippen LogP contribution in [0.5, 0.6) is 5.75 Å². The maximum Gasteiger partial charge on any atom is 0.358 e. The number of pyridine rings is 1. The number of carbonyl (C=O) groups is 1. The van der Waals surface area contributed by atoms with Gasteiger partial charge in [0.15, 0.2) is 11.4 Å². The molecule has 0 fully saturated rings. The summed E-state index contributed by atoms with van der Waals surface area (Å²) in [6.45, 7) is 0. The van der Waals surface area contributed by atoms with E-state index in [0.29, 0.717) is 0 Å². The van der Waals surface area contributed by atoms with Gasteiger partial charge in [0.05, 0.1) is 3.57 Å². The fourth-order valence-electron chi connectivity index (χ4n) is 0.787. The minimum atomic E-state index is -2.86. The van der Waals surface area contributed by atoms with Crippen molar-refractivity contribution < 1.29 is 23.8 Å². The summed E-state index contributed by atoms with van der Waals surface area (Å²) in [6.07, 6.45) is -2.86. The second-order valence-electron chi connectivity index (χ2n) is 2.33. The number of halogens is 3. The molecule has 1 heterocycles. The Morgan fingerprint density at radius 3 is 2.57 bits per heavy atom. The molecule has 0 saturated carbocycles. The molecule has 1 rings (SSSR count). The molecule has 76 valence electrons. The molecule has 0 saturated heterocycles. The van der Waals surface area contributed by atoms with Crippen LogP contribution in [-0.4, -0.2) is 21.2 Å². The second kappa shape index (κ2) is 4.03. The van der Waals surface area contributed by atoms with Crippen LogP contribution in [0, 0.1) is 3.57 Å². The molecule has 0 aliphatic rings. The first kappa shape index (κ1) is 11.1. The third-order valence-electron chi connectivity index (χ3n) is 1.39. The van der Waals surface area contributed by atoms with Crippen LogP contribution >= 0.6 is 22.6 Å². The van der Waals surface area contributed by atoms with E-state index in [0.717, 1.165) is 6.07 Å². The highest BCUT2D eigenvalue weighted by Crippen LogP contribution is 2.27. The highest BCUT2D eigenvalue weighted by Gasteiger charge is 2.19. The van der Waals surface area contributed by atoms with Gasteiger partial charge in [0.25, 0.3) is 6.43 Å². The molecule has 4 nitrogen and oxygen atoms in total. The van der Waals surface area contributed by atoms with Crippen molar-refractivity contribution in [2.75, 3.05) is 0 Å². The van der Waals surface area contributed by atoms with E-state index in [1.165, 1.54) is 0 Å². The molecule has 0 amide bonds. The van der Waals surface area contributed by atoms with Gasteiger partial charge < -0.3 is 10.2 Å². The number of rotatable bonds is 2. The lowest BCUT2D eigenvalue weighted by Gasteiger charge is -2.04. The summed E-state index contributed by atoms with van der Waals surface area (Å²) < 4.78 is 24.4. The van der Waals surface area contributed by atoms with Crippen molar-refractivity contribution >= 4 is 28.6 Å². The third kappa shape index (κ3) is 2.08. The Kier molecular flexibility index (Phi) is 3.19. The van der Waals surface area contributed by atoms with Crippen LogP contribution in [-0.2, 0) is 0 Å². The third-order valence-corrected chi connectivity index (χ3v) is 2.21. The normalized spacial score (nSPS) is 10.6. The van der Waals surface area contributed by atoms with Crippen molar-refractivity contribution in [3.63, 3.8) is 0 Å². The first-order valence-electron chi connectivity index (χ1n) is 3.34. The molecule has 7 heteroatoms. The summed E-state index contributed by atoms with van der Waals surface area (Å²) in [6, 6.07) is 0.938. The number of aromatic carboxylic acids is 1. The van der Waals surface area contributed by atoms with Crippen molar-refractivity contribution in [3.8, 4) is 5.75 Å². The monoisotopic (exact) mass is 315 g/mol. The Morgan fingerprint density at radius 2 is 2.14 bits per heavy atom. The minimum absolute atomic E-state index is 0.0327. The topological polar surface area (TPSA) is 70.4 Å². The lowest BCUT2D eigenvalue weighted by molar-refractivity contribution is 0.0685. The largest absolute Gasteiger partial charge is 0.504 e. The van der Waals surface area contributed by atoms with Crippen LogP contribution in [0.2, 0.25) is 0 Å². The number of nitrogens with zero attached hydrogens (tertiary/aromatic N) is 1. The summed E-state index contributed by atoms with van der Waals surface area (Å²) >= 11 is 1.56. The molecule has 2 N–H and O–H groups in total. The van der Waals surface area contributed by atoms with Crippen LogP contribution in [0.15, 0.2) is 6.07 Å². The summed E-state index contributed by atoms with van der Waals surface area (Å²) in [5.41, 5.74) is -1.42. The van der Waals surface area contributed by atoms with Crippen LogP contribution in [0.3, 0.4) is 0 Å². The fraction of sp³-hybridized carbons (Fsp3) is 0.143. The highest BCUT2D eigenvalue weighted by atomic mass is 127. The predicted octanol–water partition coefficient (Wildman–Crippen LogP) is 2.03. The predicted molar refractivity (Wildman–Crippen MR) is 50.5 cm³/mol.